The van der Waals surface area contributed by atoms with Crippen LogP contribution in [0.25, 0.3) is 0 Å². The monoisotopic (exact) mass is 321 g/mol. The summed E-state index contributed by atoms with van der Waals surface area (Å²) in [6, 6.07) is 4.67. The normalized spacial score (nSPS) is 21.1. The highest BCUT2D eigenvalue weighted by Gasteiger charge is 2.22. The van der Waals surface area contributed by atoms with E-state index < -0.39 is 0 Å². The number of nitrogens with one attached hydrogen (secondary N) is 2. The molecule has 2 heterocycles. The number of likely N-dealkylation sites (N-methyl/N-ethyl adjacent to an activating group) is 2. The summed E-state index contributed by atoms with van der Waals surface area (Å²) in [5.74, 6) is 0. The van der Waals surface area contributed by atoms with Crippen LogP contribution in [0.2, 0.25) is 0 Å². The molecule has 0 unspecified atom stereocenters. The van der Waals surface area contributed by atoms with Crippen molar-refractivity contribution in [1.29, 1.82) is 0 Å². The summed E-state index contributed by atoms with van der Waals surface area (Å²) >= 11 is 0. The fraction of sp³-hybridized carbons (Fsp3) is 0.706. The number of rotatable bonds is 6. The summed E-state index contributed by atoms with van der Waals surface area (Å²) in [5, 5.41) is 6.05. The van der Waals surface area contributed by atoms with Crippen molar-refractivity contribution in [3.8, 4) is 0 Å². The molecule has 130 valence electrons. The molecule has 0 spiro atoms. The maximum absolute atomic E-state index is 12.1. The molecule has 2 rings (SSSR count). The predicted octanol–water partition coefficient (Wildman–Crippen LogP) is 0.891. The third-order valence-electron chi connectivity index (χ3n) is 4.74. The molecule has 0 saturated carbocycles. The molecule has 0 radical (unpaired) electrons. The van der Waals surface area contributed by atoms with E-state index >= 15 is 0 Å². The standard InChI is InChI=1S/C17H31N5O/c1-14(7-8-15-6-5-9-21(15)3)19-17(23)18-12-16-13-20(2)10-11-22(16)4/h5-6,9,14,16H,7-8,10-13H2,1-4H3,(H2,18,19,23)/t14-,16+/m1/s1. The van der Waals surface area contributed by atoms with Crippen LogP contribution in [0.1, 0.15) is 19.0 Å². The van der Waals surface area contributed by atoms with Gasteiger partial charge in [-0.25, -0.2) is 4.79 Å². The van der Waals surface area contributed by atoms with E-state index in [-0.39, 0.29) is 12.1 Å². The van der Waals surface area contributed by atoms with Gasteiger partial charge < -0.3 is 20.1 Å². The average Bonchev–Trinajstić information content (AvgIpc) is 2.91. The lowest BCUT2D eigenvalue weighted by atomic mass is 10.1. The SMILES string of the molecule is C[C@H](CCc1cccn1C)NC(=O)NC[C@H]1CN(C)CCN1C. The minimum Gasteiger partial charge on any atom is -0.354 e. The summed E-state index contributed by atoms with van der Waals surface area (Å²) in [4.78, 5) is 16.7. The summed E-state index contributed by atoms with van der Waals surface area (Å²) in [6.45, 7) is 5.90. The molecule has 23 heavy (non-hydrogen) atoms. The van der Waals surface area contributed by atoms with Crippen molar-refractivity contribution < 1.29 is 4.79 Å². The molecule has 1 aromatic rings. The van der Waals surface area contributed by atoms with Crippen molar-refractivity contribution in [2.45, 2.75) is 31.8 Å². The predicted molar refractivity (Wildman–Crippen MR) is 93.6 cm³/mol. The molecule has 1 aliphatic heterocycles. The molecule has 2 atom stereocenters. The zero-order valence-electron chi connectivity index (χ0n) is 14.9. The van der Waals surface area contributed by atoms with E-state index in [1.165, 1.54) is 5.69 Å². The lowest BCUT2D eigenvalue weighted by Gasteiger charge is -2.37. The lowest BCUT2D eigenvalue weighted by Crippen LogP contribution is -2.55. The molecule has 1 saturated heterocycles. The zero-order chi connectivity index (χ0) is 16.8. The van der Waals surface area contributed by atoms with Crippen molar-refractivity contribution in [3.05, 3.63) is 24.0 Å². The molecule has 6 nitrogen and oxygen atoms in total. The number of urea groups is 1. The van der Waals surface area contributed by atoms with Crippen LogP contribution in [0.15, 0.2) is 18.3 Å². The largest absolute Gasteiger partial charge is 0.354 e. The topological polar surface area (TPSA) is 52.5 Å². The van der Waals surface area contributed by atoms with Crippen molar-refractivity contribution in [3.63, 3.8) is 0 Å². The number of piperazine rings is 1. The van der Waals surface area contributed by atoms with Crippen molar-refractivity contribution in [1.82, 2.24) is 25.0 Å². The Labute approximate surface area is 139 Å². The molecule has 0 bridgehead atoms. The van der Waals surface area contributed by atoms with Gasteiger partial charge in [0.2, 0.25) is 0 Å². The first-order chi connectivity index (χ1) is 11.0. The van der Waals surface area contributed by atoms with Gasteiger partial charge in [0.05, 0.1) is 0 Å². The fourth-order valence-corrected chi connectivity index (χ4v) is 3.00. The van der Waals surface area contributed by atoms with Crippen LogP contribution in [0.4, 0.5) is 4.79 Å². The first kappa shape index (κ1) is 17.8. The second-order valence-corrected chi connectivity index (χ2v) is 6.80. The maximum atomic E-state index is 12.1. The number of hydrogen-bond acceptors (Lipinski definition) is 3. The van der Waals surface area contributed by atoms with Gasteiger partial charge in [-0.3, -0.25) is 4.90 Å². The molecule has 2 N–H and O–H groups in total. The highest BCUT2D eigenvalue weighted by Crippen LogP contribution is 2.06. The lowest BCUT2D eigenvalue weighted by molar-refractivity contribution is 0.114. The Bertz CT molecular complexity index is 501. The van der Waals surface area contributed by atoms with Gasteiger partial charge in [-0.05, 0) is 46.0 Å². The molecule has 1 aliphatic rings. The Morgan fingerprint density at radius 1 is 1.35 bits per heavy atom. The fourth-order valence-electron chi connectivity index (χ4n) is 3.00. The van der Waals surface area contributed by atoms with E-state index in [0.717, 1.165) is 32.5 Å². The number of hydrogen-bond donors (Lipinski definition) is 2. The van der Waals surface area contributed by atoms with E-state index in [9.17, 15) is 4.79 Å². The van der Waals surface area contributed by atoms with E-state index in [4.69, 9.17) is 0 Å². The van der Waals surface area contributed by atoms with E-state index in [1.54, 1.807) is 0 Å². The van der Waals surface area contributed by atoms with Gasteiger partial charge in [0.15, 0.2) is 0 Å². The van der Waals surface area contributed by atoms with Gasteiger partial charge >= 0.3 is 6.03 Å². The van der Waals surface area contributed by atoms with Crippen LogP contribution in [0.3, 0.4) is 0 Å². The molecule has 2 amide bonds. The van der Waals surface area contributed by atoms with E-state index in [0.29, 0.717) is 12.6 Å². The highest BCUT2D eigenvalue weighted by molar-refractivity contribution is 5.74. The van der Waals surface area contributed by atoms with E-state index in [1.807, 2.05) is 0 Å². The van der Waals surface area contributed by atoms with Crippen LogP contribution in [0, 0.1) is 0 Å². The minimum absolute atomic E-state index is 0.0639. The third-order valence-corrected chi connectivity index (χ3v) is 4.74. The minimum atomic E-state index is -0.0639. The third kappa shape index (κ3) is 5.55. The summed E-state index contributed by atoms with van der Waals surface area (Å²) in [7, 11) is 6.31. The number of aryl methyl sites for hydroxylation is 2. The first-order valence-electron chi connectivity index (χ1n) is 8.49. The first-order valence-corrected chi connectivity index (χ1v) is 8.49. The second kappa shape index (κ2) is 8.36. The highest BCUT2D eigenvalue weighted by atomic mass is 16.2. The van der Waals surface area contributed by atoms with Gasteiger partial charge in [0.25, 0.3) is 0 Å². The van der Waals surface area contributed by atoms with Crippen LogP contribution >= 0.6 is 0 Å². The number of amides is 2. The Balaban J connectivity index is 1.66. The summed E-state index contributed by atoms with van der Waals surface area (Å²) < 4.78 is 2.13. The van der Waals surface area contributed by atoms with Crippen LogP contribution in [-0.2, 0) is 13.5 Å². The van der Waals surface area contributed by atoms with Crippen molar-refractivity contribution in [2.24, 2.45) is 7.05 Å². The number of carbonyl (C=O) groups is 1. The Kier molecular flexibility index (Phi) is 6.47. The number of carbonyl (C=O) groups excluding carboxylic acids is 1. The average molecular weight is 321 g/mol. The molecule has 6 heteroatoms. The zero-order valence-corrected chi connectivity index (χ0v) is 14.9. The molecule has 1 aromatic heterocycles. The molecule has 0 aliphatic carbocycles. The quantitative estimate of drug-likeness (QED) is 0.818. The van der Waals surface area contributed by atoms with Gasteiger partial charge in [-0.2, -0.15) is 0 Å². The maximum Gasteiger partial charge on any atom is 0.315 e. The Morgan fingerprint density at radius 3 is 2.83 bits per heavy atom. The van der Waals surface area contributed by atoms with Gasteiger partial charge in [-0.1, -0.05) is 0 Å². The van der Waals surface area contributed by atoms with Gasteiger partial charge in [0.1, 0.15) is 0 Å². The smallest absolute Gasteiger partial charge is 0.315 e. The number of aromatic nitrogens is 1. The molecular weight excluding hydrogens is 290 g/mol. The van der Waals surface area contributed by atoms with Crippen molar-refractivity contribution >= 4 is 6.03 Å². The Morgan fingerprint density at radius 2 is 2.13 bits per heavy atom. The number of nitrogens with zero attached hydrogens (tertiary/aromatic N) is 3. The molecular formula is C17H31N5O. The summed E-state index contributed by atoms with van der Waals surface area (Å²) in [6.07, 6.45) is 3.97. The van der Waals surface area contributed by atoms with Gasteiger partial charge in [-0.15, -0.1) is 0 Å². The molecule has 0 aromatic carbocycles. The second-order valence-electron chi connectivity index (χ2n) is 6.80. The Hall–Kier alpha value is -1.53. The van der Waals surface area contributed by atoms with Crippen LogP contribution in [-0.4, -0.2) is 72.8 Å². The van der Waals surface area contributed by atoms with Crippen LogP contribution < -0.4 is 10.6 Å². The van der Waals surface area contributed by atoms with E-state index in [2.05, 4.69) is 71.4 Å². The summed E-state index contributed by atoms with van der Waals surface area (Å²) in [5.41, 5.74) is 1.30. The molecule has 1 fully saturated rings. The van der Waals surface area contributed by atoms with Crippen molar-refractivity contribution in [2.75, 3.05) is 40.3 Å². The van der Waals surface area contributed by atoms with Gasteiger partial charge in [0, 0.05) is 57.2 Å². The van der Waals surface area contributed by atoms with Crippen LogP contribution in [0.5, 0.6) is 0 Å².